The van der Waals surface area contributed by atoms with Crippen LogP contribution in [-0.2, 0) is 0 Å². The zero-order valence-corrected chi connectivity index (χ0v) is 9.58. The fourth-order valence-corrected chi connectivity index (χ4v) is 1.60. The molecule has 1 heterocycles. The average Bonchev–Trinajstić information content (AvgIpc) is 2.80. The Morgan fingerprint density at radius 3 is 2.67 bits per heavy atom. The van der Waals surface area contributed by atoms with Gasteiger partial charge in [-0.25, -0.2) is 4.98 Å². The van der Waals surface area contributed by atoms with E-state index in [-0.39, 0.29) is 11.4 Å². The van der Waals surface area contributed by atoms with Crippen LogP contribution in [0.15, 0.2) is 24.5 Å². The third kappa shape index (κ3) is 1.83. The van der Waals surface area contributed by atoms with Gasteiger partial charge in [0.05, 0.1) is 12.8 Å². The summed E-state index contributed by atoms with van der Waals surface area (Å²) < 4.78 is 6.60. The van der Waals surface area contributed by atoms with Crippen molar-refractivity contribution in [3.63, 3.8) is 0 Å². The predicted octanol–water partition coefficient (Wildman–Crippen LogP) is 1.21. The summed E-state index contributed by atoms with van der Waals surface area (Å²) in [5.41, 5.74) is 7.12. The molecule has 18 heavy (non-hydrogen) atoms. The van der Waals surface area contributed by atoms with Gasteiger partial charge in [-0.3, -0.25) is 4.57 Å². The Bertz CT molecular complexity index is 675. The first-order valence-electron chi connectivity index (χ1n) is 5.02. The number of rotatable bonds is 2. The first kappa shape index (κ1) is 11.5. The fraction of sp³-hybridized carbons (Fsp3) is 0.0833. The van der Waals surface area contributed by atoms with Crippen LogP contribution in [0, 0.1) is 22.7 Å². The normalized spacial score (nSPS) is 9.50. The maximum Gasteiger partial charge on any atom is 0.177 e. The van der Waals surface area contributed by atoms with E-state index in [1.807, 2.05) is 12.1 Å². The second-order valence-electron chi connectivity index (χ2n) is 3.50. The van der Waals surface area contributed by atoms with Gasteiger partial charge in [0.2, 0.25) is 0 Å². The van der Waals surface area contributed by atoms with E-state index in [0.29, 0.717) is 17.1 Å². The SMILES string of the molecule is COc1cc(N)cc(-n2cnc(C#N)c2C#N)c1. The molecule has 6 heteroatoms. The van der Waals surface area contributed by atoms with Gasteiger partial charge in [-0.15, -0.1) is 0 Å². The van der Waals surface area contributed by atoms with E-state index >= 15 is 0 Å². The Labute approximate surface area is 103 Å². The number of hydrogen-bond donors (Lipinski definition) is 1. The van der Waals surface area contributed by atoms with Crippen molar-refractivity contribution in [2.45, 2.75) is 0 Å². The minimum absolute atomic E-state index is 0.0823. The molecule has 1 aromatic heterocycles. The fourth-order valence-electron chi connectivity index (χ4n) is 1.60. The highest BCUT2D eigenvalue weighted by atomic mass is 16.5. The minimum Gasteiger partial charge on any atom is -0.497 e. The summed E-state index contributed by atoms with van der Waals surface area (Å²) >= 11 is 0. The average molecular weight is 239 g/mol. The molecular formula is C12H9N5O. The lowest BCUT2D eigenvalue weighted by atomic mass is 10.2. The third-order valence-electron chi connectivity index (χ3n) is 2.41. The summed E-state index contributed by atoms with van der Waals surface area (Å²) in [6, 6.07) is 8.86. The predicted molar refractivity (Wildman–Crippen MR) is 64.0 cm³/mol. The summed E-state index contributed by atoms with van der Waals surface area (Å²) in [4.78, 5) is 3.86. The Morgan fingerprint density at radius 2 is 2.06 bits per heavy atom. The molecular weight excluding hydrogens is 230 g/mol. The van der Waals surface area contributed by atoms with Crippen LogP contribution in [0.4, 0.5) is 5.69 Å². The van der Waals surface area contributed by atoms with Gasteiger partial charge in [-0.05, 0) is 6.07 Å². The number of benzene rings is 1. The maximum absolute atomic E-state index is 9.05. The molecule has 0 saturated carbocycles. The lowest BCUT2D eigenvalue weighted by molar-refractivity contribution is 0.415. The first-order chi connectivity index (χ1) is 8.69. The number of ether oxygens (including phenoxy) is 1. The van der Waals surface area contributed by atoms with E-state index < -0.39 is 0 Å². The third-order valence-corrected chi connectivity index (χ3v) is 2.41. The largest absolute Gasteiger partial charge is 0.497 e. The molecule has 0 bridgehead atoms. The lowest BCUT2D eigenvalue weighted by Crippen LogP contribution is -1.99. The maximum atomic E-state index is 9.05. The van der Waals surface area contributed by atoms with Crippen LogP contribution in [0.2, 0.25) is 0 Å². The molecule has 0 radical (unpaired) electrons. The van der Waals surface area contributed by atoms with Crippen LogP contribution >= 0.6 is 0 Å². The molecule has 6 nitrogen and oxygen atoms in total. The highest BCUT2D eigenvalue weighted by molar-refractivity contribution is 5.55. The molecule has 1 aromatic carbocycles. The quantitative estimate of drug-likeness (QED) is 0.793. The van der Waals surface area contributed by atoms with Crippen LogP contribution in [0.1, 0.15) is 11.4 Å². The van der Waals surface area contributed by atoms with Crippen molar-refractivity contribution in [2.24, 2.45) is 0 Å². The molecule has 2 aromatic rings. The zero-order chi connectivity index (χ0) is 13.1. The van der Waals surface area contributed by atoms with Crippen LogP contribution in [-0.4, -0.2) is 16.7 Å². The van der Waals surface area contributed by atoms with Crippen molar-refractivity contribution in [2.75, 3.05) is 12.8 Å². The number of anilines is 1. The van der Waals surface area contributed by atoms with Crippen molar-refractivity contribution in [1.29, 1.82) is 10.5 Å². The number of aromatic nitrogens is 2. The van der Waals surface area contributed by atoms with Gasteiger partial charge in [-0.2, -0.15) is 10.5 Å². The van der Waals surface area contributed by atoms with Gasteiger partial charge in [0.1, 0.15) is 24.2 Å². The van der Waals surface area contributed by atoms with E-state index in [2.05, 4.69) is 4.98 Å². The van der Waals surface area contributed by atoms with Crippen molar-refractivity contribution >= 4 is 5.69 Å². The van der Waals surface area contributed by atoms with E-state index in [1.54, 1.807) is 18.2 Å². The Kier molecular flexibility index (Phi) is 2.86. The number of nitrogens with zero attached hydrogens (tertiary/aromatic N) is 4. The molecule has 2 N–H and O–H groups in total. The topological polar surface area (TPSA) is 101 Å². The Hall–Kier alpha value is -2.99. The van der Waals surface area contributed by atoms with E-state index in [9.17, 15) is 0 Å². The smallest absolute Gasteiger partial charge is 0.177 e. The number of nitrogen functional groups attached to an aromatic ring is 1. The van der Waals surface area contributed by atoms with Gasteiger partial charge in [-0.1, -0.05) is 0 Å². The van der Waals surface area contributed by atoms with Crippen LogP contribution < -0.4 is 10.5 Å². The lowest BCUT2D eigenvalue weighted by Gasteiger charge is -2.08. The molecule has 0 fully saturated rings. The van der Waals surface area contributed by atoms with Crippen LogP contribution in [0.5, 0.6) is 5.75 Å². The van der Waals surface area contributed by atoms with E-state index in [4.69, 9.17) is 21.0 Å². The van der Waals surface area contributed by atoms with Crippen LogP contribution in [0.25, 0.3) is 5.69 Å². The standard InChI is InChI=1S/C12H9N5O/c1-18-10-3-8(15)2-9(4-10)17-7-16-11(5-13)12(17)6-14/h2-4,7H,15H2,1H3. The zero-order valence-electron chi connectivity index (χ0n) is 9.58. The molecule has 0 aliphatic rings. The van der Waals surface area contributed by atoms with Crippen molar-refractivity contribution in [3.8, 4) is 23.6 Å². The van der Waals surface area contributed by atoms with Crippen molar-refractivity contribution in [1.82, 2.24) is 9.55 Å². The minimum atomic E-state index is 0.0823. The molecule has 0 aliphatic carbocycles. The summed E-state index contributed by atoms with van der Waals surface area (Å²) in [5.74, 6) is 0.570. The number of nitriles is 2. The summed E-state index contributed by atoms with van der Waals surface area (Å²) in [7, 11) is 1.53. The summed E-state index contributed by atoms with van der Waals surface area (Å²) in [6.45, 7) is 0. The number of imidazole rings is 1. The highest BCUT2D eigenvalue weighted by Crippen LogP contribution is 2.23. The van der Waals surface area contributed by atoms with Gasteiger partial charge in [0, 0.05) is 17.8 Å². The van der Waals surface area contributed by atoms with Crippen molar-refractivity contribution in [3.05, 3.63) is 35.9 Å². The van der Waals surface area contributed by atoms with Crippen LogP contribution in [0.3, 0.4) is 0 Å². The summed E-state index contributed by atoms with van der Waals surface area (Å²) in [6.07, 6.45) is 1.41. The van der Waals surface area contributed by atoms with Gasteiger partial charge < -0.3 is 10.5 Å². The highest BCUT2D eigenvalue weighted by Gasteiger charge is 2.12. The monoisotopic (exact) mass is 239 g/mol. The Morgan fingerprint density at radius 1 is 1.28 bits per heavy atom. The molecule has 2 rings (SSSR count). The molecule has 0 aliphatic heterocycles. The molecule has 0 spiro atoms. The number of methoxy groups -OCH3 is 1. The molecule has 0 unspecified atom stereocenters. The van der Waals surface area contributed by atoms with Gasteiger partial charge in [0.25, 0.3) is 0 Å². The summed E-state index contributed by atoms with van der Waals surface area (Å²) in [5, 5.41) is 17.9. The number of nitrogens with two attached hydrogens (primary N) is 1. The van der Waals surface area contributed by atoms with Crippen molar-refractivity contribution < 1.29 is 4.74 Å². The molecule has 88 valence electrons. The van der Waals surface area contributed by atoms with E-state index in [1.165, 1.54) is 18.0 Å². The van der Waals surface area contributed by atoms with E-state index in [0.717, 1.165) is 0 Å². The first-order valence-corrected chi connectivity index (χ1v) is 5.02. The second kappa shape index (κ2) is 4.48. The number of hydrogen-bond acceptors (Lipinski definition) is 5. The van der Waals surface area contributed by atoms with Gasteiger partial charge in [0.15, 0.2) is 11.4 Å². The molecule has 0 amide bonds. The molecule has 0 atom stereocenters. The van der Waals surface area contributed by atoms with Gasteiger partial charge >= 0.3 is 0 Å². The Balaban J connectivity index is 2.63. The second-order valence-corrected chi connectivity index (χ2v) is 3.50. The molecule has 0 saturated heterocycles.